The first-order chi connectivity index (χ1) is 15.8. The van der Waals surface area contributed by atoms with Gasteiger partial charge in [0.05, 0.1) is 11.0 Å². The summed E-state index contributed by atoms with van der Waals surface area (Å²) in [5.41, 5.74) is 5.40. The van der Waals surface area contributed by atoms with E-state index in [2.05, 4.69) is 83.6 Å². The third-order valence-corrected chi connectivity index (χ3v) is 5.29. The van der Waals surface area contributed by atoms with Crippen LogP contribution in [0.5, 0.6) is 0 Å². The highest BCUT2D eigenvalue weighted by Gasteiger charge is 2.17. The molecule has 0 amide bonds. The number of rotatable bonds is 2. The maximum atomic E-state index is 2.47. The molecule has 0 aliphatic rings. The van der Waals surface area contributed by atoms with Crippen LogP contribution in [0.1, 0.15) is 69.2 Å². The maximum Gasteiger partial charge on any atom is 0.0739 e. The number of aromatic nitrogens is 2. The molecule has 0 atom stereocenters. The van der Waals surface area contributed by atoms with E-state index in [1.807, 2.05) is 55.4 Å². The van der Waals surface area contributed by atoms with Crippen LogP contribution in [0, 0.1) is 0 Å². The highest BCUT2D eigenvalue weighted by atomic mass is 15.0. The predicted octanol–water partition coefficient (Wildman–Crippen LogP) is 10.0. The minimum Gasteiger partial charge on any atom is -0.339 e. The molecule has 0 spiro atoms. The van der Waals surface area contributed by atoms with Gasteiger partial charge in [-0.15, -0.1) is 0 Å². The van der Waals surface area contributed by atoms with E-state index >= 15 is 0 Å². The standard InChI is InChI=1S/C22H20N2.4C2H6/c1-3-23-19-11-7-5-9-15(19)17-13-14-18-16-10-6-8-12-20(16)24(4-2)22(18)21(17)23;4*1-2/h5-14H,3-4H2,1-2H3;4*1-2H3. The van der Waals surface area contributed by atoms with Crippen molar-refractivity contribution in [2.24, 2.45) is 0 Å². The summed E-state index contributed by atoms with van der Waals surface area (Å²) < 4.78 is 4.94. The molecule has 0 saturated carbocycles. The minimum atomic E-state index is 0.981. The molecule has 0 N–H and O–H groups in total. The van der Waals surface area contributed by atoms with E-state index in [0.29, 0.717) is 0 Å². The van der Waals surface area contributed by atoms with Gasteiger partial charge in [0.15, 0.2) is 0 Å². The molecule has 3 aromatic carbocycles. The van der Waals surface area contributed by atoms with Crippen molar-refractivity contribution in [2.45, 2.75) is 82.3 Å². The van der Waals surface area contributed by atoms with Crippen LogP contribution in [0.25, 0.3) is 43.6 Å². The van der Waals surface area contributed by atoms with Crippen molar-refractivity contribution >= 4 is 43.6 Å². The van der Waals surface area contributed by atoms with Crippen LogP contribution in [0.2, 0.25) is 0 Å². The van der Waals surface area contributed by atoms with Gasteiger partial charge in [0.1, 0.15) is 0 Å². The van der Waals surface area contributed by atoms with Crippen molar-refractivity contribution < 1.29 is 0 Å². The van der Waals surface area contributed by atoms with E-state index in [1.54, 1.807) is 0 Å². The zero-order chi connectivity index (χ0) is 24.3. The quantitative estimate of drug-likeness (QED) is 0.262. The number of para-hydroxylation sites is 2. The van der Waals surface area contributed by atoms with Crippen LogP contribution in [0.3, 0.4) is 0 Å². The lowest BCUT2D eigenvalue weighted by molar-refractivity contribution is 0.808. The van der Waals surface area contributed by atoms with Crippen molar-refractivity contribution in [3.63, 3.8) is 0 Å². The summed E-state index contributed by atoms with van der Waals surface area (Å²) in [5.74, 6) is 0. The molecule has 32 heavy (non-hydrogen) atoms. The lowest BCUT2D eigenvalue weighted by Gasteiger charge is -2.08. The molecular weight excluding hydrogens is 388 g/mol. The summed E-state index contributed by atoms with van der Waals surface area (Å²) in [6.07, 6.45) is 0. The first-order valence-corrected chi connectivity index (χ1v) is 12.8. The van der Waals surface area contributed by atoms with Crippen LogP contribution in [-0.2, 0) is 13.1 Å². The van der Waals surface area contributed by atoms with Crippen LogP contribution in [0.15, 0.2) is 60.7 Å². The van der Waals surface area contributed by atoms with Gasteiger partial charge < -0.3 is 9.13 Å². The molecule has 2 aromatic heterocycles. The lowest BCUT2D eigenvalue weighted by atomic mass is 10.1. The second-order valence-electron chi connectivity index (χ2n) is 6.38. The van der Waals surface area contributed by atoms with Crippen molar-refractivity contribution in [3.05, 3.63) is 60.7 Å². The number of hydrogen-bond acceptors (Lipinski definition) is 0. The molecule has 0 fully saturated rings. The normalized spacial score (nSPS) is 9.81. The summed E-state index contributed by atoms with van der Waals surface area (Å²) in [4.78, 5) is 0. The van der Waals surface area contributed by atoms with E-state index in [0.717, 1.165) is 13.1 Å². The average Bonchev–Trinajstić information content (AvgIpc) is 3.41. The second kappa shape index (κ2) is 13.6. The van der Waals surface area contributed by atoms with Crippen LogP contribution in [0.4, 0.5) is 0 Å². The topological polar surface area (TPSA) is 9.86 Å². The maximum absolute atomic E-state index is 2.47. The highest BCUT2D eigenvalue weighted by Crippen LogP contribution is 2.38. The Morgan fingerprint density at radius 3 is 1.06 bits per heavy atom. The van der Waals surface area contributed by atoms with Crippen molar-refractivity contribution in [3.8, 4) is 0 Å². The van der Waals surface area contributed by atoms with Gasteiger partial charge in [-0.1, -0.05) is 104 Å². The molecule has 0 saturated heterocycles. The summed E-state index contributed by atoms with van der Waals surface area (Å²) >= 11 is 0. The third kappa shape index (κ3) is 4.55. The molecule has 5 rings (SSSR count). The van der Waals surface area contributed by atoms with Crippen LogP contribution < -0.4 is 0 Å². The second-order valence-corrected chi connectivity index (χ2v) is 6.38. The molecule has 2 nitrogen and oxygen atoms in total. The number of fused-ring (bicyclic) bond motifs is 7. The molecule has 2 heteroatoms. The first kappa shape index (κ1) is 27.3. The lowest BCUT2D eigenvalue weighted by Crippen LogP contribution is -1.98. The van der Waals surface area contributed by atoms with E-state index < -0.39 is 0 Å². The zero-order valence-electron chi connectivity index (χ0n) is 22.1. The number of benzene rings is 3. The highest BCUT2D eigenvalue weighted by molar-refractivity contribution is 6.22. The monoisotopic (exact) mass is 432 g/mol. The van der Waals surface area contributed by atoms with Gasteiger partial charge in [0.25, 0.3) is 0 Å². The number of nitrogens with zero attached hydrogens (tertiary/aromatic N) is 2. The van der Waals surface area contributed by atoms with E-state index in [9.17, 15) is 0 Å². The Morgan fingerprint density at radius 1 is 0.438 bits per heavy atom. The Balaban J connectivity index is 0.000000581. The molecule has 5 aromatic rings. The Bertz CT molecular complexity index is 1120. The predicted molar refractivity (Wildman–Crippen MR) is 149 cm³/mol. The summed E-state index contributed by atoms with van der Waals surface area (Å²) in [6.45, 7) is 22.4. The summed E-state index contributed by atoms with van der Waals surface area (Å²) in [6, 6.07) is 22.1. The molecule has 0 unspecified atom stereocenters. The van der Waals surface area contributed by atoms with Gasteiger partial charge in [0.2, 0.25) is 0 Å². The minimum absolute atomic E-state index is 0.981. The van der Waals surface area contributed by atoms with Crippen LogP contribution >= 0.6 is 0 Å². The summed E-state index contributed by atoms with van der Waals surface area (Å²) in [5, 5.41) is 5.42. The SMILES string of the molecule is CC.CC.CC.CC.CCn1c2ccccc2c2ccc3c4ccccc4n(CC)c3c21. The first-order valence-electron chi connectivity index (χ1n) is 12.8. The zero-order valence-corrected chi connectivity index (χ0v) is 22.1. The Hall–Kier alpha value is -2.74. The fraction of sp³-hybridized carbons (Fsp3) is 0.400. The van der Waals surface area contributed by atoms with Gasteiger partial charge in [-0.25, -0.2) is 0 Å². The van der Waals surface area contributed by atoms with Crippen molar-refractivity contribution in [1.29, 1.82) is 0 Å². The average molecular weight is 433 g/mol. The summed E-state index contributed by atoms with van der Waals surface area (Å²) in [7, 11) is 0. The molecule has 0 aliphatic carbocycles. The molecule has 0 bridgehead atoms. The van der Waals surface area contributed by atoms with Crippen molar-refractivity contribution in [1.82, 2.24) is 9.13 Å². The smallest absolute Gasteiger partial charge is 0.0739 e. The number of hydrogen-bond donors (Lipinski definition) is 0. The molecule has 2 heterocycles. The Morgan fingerprint density at radius 2 is 0.750 bits per heavy atom. The molecule has 174 valence electrons. The Kier molecular flexibility index (Phi) is 11.6. The van der Waals surface area contributed by atoms with E-state index in [-0.39, 0.29) is 0 Å². The Labute approximate surface area is 195 Å². The van der Waals surface area contributed by atoms with Gasteiger partial charge in [0, 0.05) is 45.7 Å². The van der Waals surface area contributed by atoms with Crippen molar-refractivity contribution in [2.75, 3.05) is 0 Å². The van der Waals surface area contributed by atoms with Crippen LogP contribution in [-0.4, -0.2) is 9.13 Å². The van der Waals surface area contributed by atoms with E-state index in [1.165, 1.54) is 43.6 Å². The van der Waals surface area contributed by atoms with Gasteiger partial charge in [-0.3, -0.25) is 0 Å². The molecule has 0 radical (unpaired) electrons. The fourth-order valence-corrected chi connectivity index (χ4v) is 4.33. The number of aryl methyl sites for hydroxylation is 2. The van der Waals surface area contributed by atoms with Gasteiger partial charge >= 0.3 is 0 Å². The van der Waals surface area contributed by atoms with Gasteiger partial charge in [-0.05, 0) is 26.0 Å². The van der Waals surface area contributed by atoms with Gasteiger partial charge in [-0.2, -0.15) is 0 Å². The fourth-order valence-electron chi connectivity index (χ4n) is 4.33. The molecule has 0 aliphatic heterocycles. The van der Waals surface area contributed by atoms with E-state index in [4.69, 9.17) is 0 Å². The molecular formula is C30H44N2. The largest absolute Gasteiger partial charge is 0.339 e. The third-order valence-electron chi connectivity index (χ3n) is 5.29.